The van der Waals surface area contributed by atoms with Crippen molar-refractivity contribution < 1.29 is 19.4 Å². The first-order valence-corrected chi connectivity index (χ1v) is 7.46. The Kier molecular flexibility index (Phi) is 4.18. The minimum Gasteiger partial charge on any atom is -0.505 e. The number of pyridine rings is 1. The first-order valence-electron chi connectivity index (χ1n) is 7.46. The highest BCUT2D eigenvalue weighted by Crippen LogP contribution is 2.26. The Morgan fingerprint density at radius 2 is 1.92 bits per heavy atom. The van der Waals surface area contributed by atoms with E-state index in [-0.39, 0.29) is 22.3 Å². The molecule has 0 atom stereocenters. The maximum absolute atomic E-state index is 12.7. The van der Waals surface area contributed by atoms with Gasteiger partial charge in [-0.25, -0.2) is 4.79 Å². The number of ether oxygens (including phenoxy) is 2. The summed E-state index contributed by atoms with van der Waals surface area (Å²) in [4.78, 5) is 24.5. The number of fused-ring (bicyclic) bond motifs is 1. The van der Waals surface area contributed by atoms with Crippen molar-refractivity contribution in [2.75, 3.05) is 14.2 Å². The molecule has 2 aromatic heterocycles. The van der Waals surface area contributed by atoms with E-state index in [1.807, 2.05) is 24.3 Å². The van der Waals surface area contributed by atoms with Gasteiger partial charge in [-0.05, 0) is 17.7 Å². The summed E-state index contributed by atoms with van der Waals surface area (Å²) in [5, 5.41) is 14.8. The van der Waals surface area contributed by atoms with Gasteiger partial charge in [0, 0.05) is 7.05 Å². The number of carbonyl (C=O) groups is 1. The molecule has 0 aliphatic carbocycles. The maximum Gasteiger partial charge on any atom is 0.358 e. The van der Waals surface area contributed by atoms with Crippen LogP contribution >= 0.6 is 0 Å². The molecule has 0 bridgehead atoms. The molecule has 8 heteroatoms. The molecule has 3 rings (SSSR count). The van der Waals surface area contributed by atoms with Crippen molar-refractivity contribution in [3.8, 4) is 11.5 Å². The summed E-state index contributed by atoms with van der Waals surface area (Å²) in [5.74, 6) is -0.391. The first-order chi connectivity index (χ1) is 12.0. The number of methoxy groups -OCH3 is 2. The lowest BCUT2D eigenvalue weighted by molar-refractivity contribution is 0.0585. The van der Waals surface area contributed by atoms with Crippen LogP contribution in [0.5, 0.6) is 11.5 Å². The van der Waals surface area contributed by atoms with Gasteiger partial charge < -0.3 is 19.1 Å². The van der Waals surface area contributed by atoms with Crippen LogP contribution in [0.2, 0.25) is 0 Å². The van der Waals surface area contributed by atoms with Crippen molar-refractivity contribution in [3.05, 3.63) is 52.1 Å². The first kappa shape index (κ1) is 16.6. The summed E-state index contributed by atoms with van der Waals surface area (Å²) in [7, 11) is 4.17. The molecule has 0 aliphatic heterocycles. The fraction of sp³-hybridized carbons (Fsp3) is 0.235. The SMILES string of the molecule is COC(=O)c1c(O)c2cnn(Cc3ccc(OC)cc3)c2c(=O)n1C. The van der Waals surface area contributed by atoms with Gasteiger partial charge in [-0.15, -0.1) is 0 Å². The van der Waals surface area contributed by atoms with E-state index in [2.05, 4.69) is 9.84 Å². The Morgan fingerprint density at radius 1 is 1.24 bits per heavy atom. The fourth-order valence-corrected chi connectivity index (χ4v) is 2.69. The maximum atomic E-state index is 12.7. The van der Waals surface area contributed by atoms with Crippen LogP contribution in [-0.4, -0.2) is 39.6 Å². The summed E-state index contributed by atoms with van der Waals surface area (Å²) in [6, 6.07) is 7.34. The third-order valence-corrected chi connectivity index (χ3v) is 4.03. The lowest BCUT2D eigenvalue weighted by Crippen LogP contribution is -2.25. The minimum absolute atomic E-state index is 0.205. The molecule has 0 saturated heterocycles. The van der Waals surface area contributed by atoms with Crippen LogP contribution in [0.1, 0.15) is 16.1 Å². The van der Waals surface area contributed by atoms with Crippen LogP contribution in [0, 0.1) is 0 Å². The van der Waals surface area contributed by atoms with Gasteiger partial charge in [-0.3, -0.25) is 9.48 Å². The molecule has 0 fully saturated rings. The molecule has 1 aromatic carbocycles. The van der Waals surface area contributed by atoms with Crippen LogP contribution in [0.4, 0.5) is 0 Å². The number of hydrogen-bond donors (Lipinski definition) is 1. The molecule has 25 heavy (non-hydrogen) atoms. The Morgan fingerprint density at radius 3 is 2.52 bits per heavy atom. The smallest absolute Gasteiger partial charge is 0.358 e. The zero-order valence-corrected chi connectivity index (χ0v) is 14.0. The Bertz CT molecular complexity index is 1000. The Balaban J connectivity index is 2.12. The number of benzene rings is 1. The molecule has 0 aliphatic rings. The largest absolute Gasteiger partial charge is 0.505 e. The average Bonchev–Trinajstić information content (AvgIpc) is 3.04. The molecule has 0 spiro atoms. The molecule has 3 aromatic rings. The van der Waals surface area contributed by atoms with Crippen LogP contribution in [-0.2, 0) is 18.3 Å². The van der Waals surface area contributed by atoms with Crippen molar-refractivity contribution in [2.24, 2.45) is 7.05 Å². The summed E-state index contributed by atoms with van der Waals surface area (Å²) in [6.45, 7) is 0.333. The van der Waals surface area contributed by atoms with E-state index in [1.165, 1.54) is 25.0 Å². The predicted octanol–water partition coefficient (Wildman–Crippen LogP) is 1.28. The van der Waals surface area contributed by atoms with Crippen LogP contribution < -0.4 is 10.3 Å². The second-order valence-corrected chi connectivity index (χ2v) is 5.47. The normalized spacial score (nSPS) is 10.8. The van der Waals surface area contributed by atoms with E-state index < -0.39 is 11.5 Å². The van der Waals surface area contributed by atoms with Gasteiger partial charge in [0.2, 0.25) is 0 Å². The van der Waals surface area contributed by atoms with E-state index >= 15 is 0 Å². The van der Waals surface area contributed by atoms with Gasteiger partial charge in [-0.2, -0.15) is 5.10 Å². The molecule has 2 heterocycles. The number of esters is 1. The monoisotopic (exact) mass is 343 g/mol. The summed E-state index contributed by atoms with van der Waals surface area (Å²) < 4.78 is 12.3. The van der Waals surface area contributed by atoms with Gasteiger partial charge in [0.1, 0.15) is 11.3 Å². The van der Waals surface area contributed by atoms with Crippen LogP contribution in [0.25, 0.3) is 10.9 Å². The standard InChI is InChI=1S/C17H17N3O5/c1-19-14(17(23)25-3)15(21)12-8-18-20(13(12)16(19)22)9-10-4-6-11(24-2)7-5-10/h4-8,21H,9H2,1-3H3. The van der Waals surface area contributed by atoms with Crippen LogP contribution in [0.15, 0.2) is 35.3 Å². The molecule has 8 nitrogen and oxygen atoms in total. The molecular weight excluding hydrogens is 326 g/mol. The highest BCUT2D eigenvalue weighted by atomic mass is 16.5. The second kappa shape index (κ2) is 6.31. The summed E-state index contributed by atoms with van der Waals surface area (Å²) in [6.07, 6.45) is 1.36. The van der Waals surface area contributed by atoms with Crippen molar-refractivity contribution in [3.63, 3.8) is 0 Å². The highest BCUT2D eigenvalue weighted by molar-refractivity contribution is 5.98. The molecule has 0 amide bonds. The topological polar surface area (TPSA) is 95.6 Å². The zero-order valence-electron chi connectivity index (χ0n) is 14.0. The van der Waals surface area contributed by atoms with Gasteiger partial charge in [0.25, 0.3) is 5.56 Å². The lowest BCUT2D eigenvalue weighted by atomic mass is 10.2. The van der Waals surface area contributed by atoms with Gasteiger partial charge in [0.05, 0.1) is 32.3 Å². The number of carbonyl (C=O) groups excluding carboxylic acids is 1. The number of nitrogens with zero attached hydrogens (tertiary/aromatic N) is 3. The Labute approximate surface area is 142 Å². The van der Waals surface area contributed by atoms with E-state index in [9.17, 15) is 14.7 Å². The van der Waals surface area contributed by atoms with E-state index in [0.717, 1.165) is 15.9 Å². The van der Waals surface area contributed by atoms with E-state index in [1.54, 1.807) is 7.11 Å². The number of hydrogen-bond acceptors (Lipinski definition) is 6. The van der Waals surface area contributed by atoms with Crippen molar-refractivity contribution >= 4 is 16.9 Å². The average molecular weight is 343 g/mol. The lowest BCUT2D eigenvalue weighted by Gasteiger charge is -2.10. The second-order valence-electron chi connectivity index (χ2n) is 5.47. The van der Waals surface area contributed by atoms with Gasteiger partial charge in [0.15, 0.2) is 11.4 Å². The van der Waals surface area contributed by atoms with E-state index in [4.69, 9.17) is 4.74 Å². The summed E-state index contributed by atoms with van der Waals surface area (Å²) in [5.41, 5.74) is 0.469. The third-order valence-electron chi connectivity index (χ3n) is 4.03. The molecule has 0 saturated carbocycles. The minimum atomic E-state index is -0.790. The number of rotatable bonds is 4. The molecule has 1 N–H and O–H groups in total. The number of aromatic nitrogens is 3. The summed E-state index contributed by atoms with van der Waals surface area (Å²) >= 11 is 0. The van der Waals surface area contributed by atoms with Crippen LogP contribution in [0.3, 0.4) is 0 Å². The number of aromatic hydroxyl groups is 1. The van der Waals surface area contributed by atoms with Gasteiger partial charge in [-0.1, -0.05) is 12.1 Å². The molecule has 0 unspecified atom stereocenters. The quantitative estimate of drug-likeness (QED) is 0.717. The Hall–Kier alpha value is -3.29. The predicted molar refractivity (Wildman–Crippen MR) is 90.1 cm³/mol. The molecular formula is C17H17N3O5. The molecule has 0 radical (unpaired) electrons. The third kappa shape index (κ3) is 2.71. The van der Waals surface area contributed by atoms with Crippen molar-refractivity contribution in [1.82, 2.24) is 14.3 Å². The van der Waals surface area contributed by atoms with E-state index in [0.29, 0.717) is 6.54 Å². The zero-order chi connectivity index (χ0) is 18.1. The van der Waals surface area contributed by atoms with Crippen molar-refractivity contribution in [2.45, 2.75) is 6.54 Å². The van der Waals surface area contributed by atoms with Crippen molar-refractivity contribution in [1.29, 1.82) is 0 Å². The highest BCUT2D eigenvalue weighted by Gasteiger charge is 2.23. The van der Waals surface area contributed by atoms with Gasteiger partial charge >= 0.3 is 5.97 Å². The molecule has 130 valence electrons. The fourth-order valence-electron chi connectivity index (χ4n) is 2.69.